The van der Waals surface area contributed by atoms with E-state index >= 15 is 0 Å². The lowest BCUT2D eigenvalue weighted by Crippen LogP contribution is -2.15. The number of carbonyl (C=O) groups is 4. The number of benzene rings is 1. The van der Waals surface area contributed by atoms with Crippen LogP contribution in [0.2, 0.25) is 0 Å². The van der Waals surface area contributed by atoms with E-state index in [0.29, 0.717) is 19.6 Å². The molecule has 0 radical (unpaired) electrons. The van der Waals surface area contributed by atoms with Crippen LogP contribution in [0.15, 0.2) is 39.3 Å². The van der Waals surface area contributed by atoms with Crippen molar-refractivity contribution in [1.29, 1.82) is 5.26 Å². The van der Waals surface area contributed by atoms with Gasteiger partial charge in [-0.3, -0.25) is 14.4 Å². The van der Waals surface area contributed by atoms with Gasteiger partial charge in [-0.15, -0.1) is 0 Å². The summed E-state index contributed by atoms with van der Waals surface area (Å²) in [7, 11) is 0. The number of fused-ring (bicyclic) bond motifs is 2. The Bertz CT molecular complexity index is 1420. The van der Waals surface area contributed by atoms with E-state index in [1.165, 1.54) is 13.8 Å². The van der Waals surface area contributed by atoms with Crippen LogP contribution in [0.3, 0.4) is 0 Å². The Morgan fingerprint density at radius 2 is 1.15 bits per heavy atom. The van der Waals surface area contributed by atoms with Gasteiger partial charge in [-0.2, -0.15) is 5.26 Å². The SMILES string of the molecule is [C-]#[N+]C(C(=O)OCC(CC)CCCC)=C1Sc2c(OC(C)=O)c3c(c(OC(C)=O)c2S1)SC(=C(C#N)C(=O)OCC(CC)CCCC)S3. The van der Waals surface area contributed by atoms with Crippen LogP contribution in [0.4, 0.5) is 0 Å². The molecule has 2 aliphatic rings. The lowest BCUT2D eigenvalue weighted by atomic mass is 10.0. The van der Waals surface area contributed by atoms with E-state index in [4.69, 9.17) is 25.5 Å². The van der Waals surface area contributed by atoms with E-state index in [0.717, 1.165) is 98.4 Å². The minimum absolute atomic E-state index is 0.114. The smallest absolute Gasteiger partial charge is 0.350 e. The van der Waals surface area contributed by atoms with Crippen molar-refractivity contribution >= 4 is 70.9 Å². The highest BCUT2D eigenvalue weighted by Gasteiger charge is 2.40. The van der Waals surface area contributed by atoms with Crippen LogP contribution in [-0.2, 0) is 28.7 Å². The molecular formula is C34H40N2O8S4. The summed E-state index contributed by atoms with van der Waals surface area (Å²) in [6.45, 7) is 18.9. The highest BCUT2D eigenvalue weighted by molar-refractivity contribution is 8.26. The van der Waals surface area contributed by atoms with Crippen molar-refractivity contribution < 1.29 is 38.1 Å². The lowest BCUT2D eigenvalue weighted by Gasteiger charge is -2.15. The normalized spacial score (nSPS) is 14.2. The van der Waals surface area contributed by atoms with Crippen LogP contribution >= 0.6 is 47.0 Å². The Kier molecular flexibility index (Phi) is 15.8. The van der Waals surface area contributed by atoms with Crippen molar-refractivity contribution in [3.05, 3.63) is 31.2 Å². The number of nitriles is 1. The molecule has 2 unspecified atom stereocenters. The Labute approximate surface area is 299 Å². The summed E-state index contributed by atoms with van der Waals surface area (Å²) in [6, 6.07) is 1.96. The van der Waals surface area contributed by atoms with Crippen LogP contribution in [0, 0.1) is 29.7 Å². The third kappa shape index (κ3) is 10.0. The zero-order valence-corrected chi connectivity index (χ0v) is 31.3. The molecule has 0 N–H and O–H groups in total. The quantitative estimate of drug-likeness (QED) is 0.0526. The maximum Gasteiger partial charge on any atom is 0.350 e. The van der Waals surface area contributed by atoms with Gasteiger partial charge in [0.15, 0.2) is 17.1 Å². The summed E-state index contributed by atoms with van der Waals surface area (Å²) >= 11 is 4.12. The van der Waals surface area contributed by atoms with Crippen molar-refractivity contribution in [3.63, 3.8) is 0 Å². The molecule has 0 fully saturated rings. The van der Waals surface area contributed by atoms with E-state index in [2.05, 4.69) is 18.7 Å². The molecule has 14 heteroatoms. The maximum atomic E-state index is 13.1. The molecule has 1 aromatic carbocycles. The van der Waals surface area contributed by atoms with Gasteiger partial charge in [0, 0.05) is 13.8 Å². The van der Waals surface area contributed by atoms with Crippen molar-refractivity contribution in [2.24, 2.45) is 11.8 Å². The number of esters is 4. The topological polar surface area (TPSA) is 133 Å². The van der Waals surface area contributed by atoms with Gasteiger partial charge in [0.05, 0.1) is 47.8 Å². The molecular weight excluding hydrogens is 693 g/mol. The molecule has 0 saturated heterocycles. The number of hydrogen-bond donors (Lipinski definition) is 0. The van der Waals surface area contributed by atoms with Crippen LogP contribution in [0.25, 0.3) is 4.85 Å². The number of nitrogens with zero attached hydrogens (tertiary/aromatic N) is 2. The van der Waals surface area contributed by atoms with Gasteiger partial charge >= 0.3 is 23.9 Å². The molecule has 48 heavy (non-hydrogen) atoms. The van der Waals surface area contributed by atoms with Gasteiger partial charge in [-0.25, -0.2) is 9.64 Å². The average molecular weight is 733 g/mol. The summed E-state index contributed by atoms with van der Waals surface area (Å²) in [4.78, 5) is 55.8. The predicted octanol–water partition coefficient (Wildman–Crippen LogP) is 9.28. The third-order valence-corrected chi connectivity index (χ3v) is 12.7. The lowest BCUT2D eigenvalue weighted by molar-refractivity contribution is -0.141. The molecule has 0 bridgehead atoms. The van der Waals surface area contributed by atoms with E-state index in [-0.39, 0.29) is 56.3 Å². The van der Waals surface area contributed by atoms with Crippen molar-refractivity contribution in [2.45, 2.75) is 112 Å². The number of unbranched alkanes of at least 4 members (excludes halogenated alkanes) is 2. The van der Waals surface area contributed by atoms with Gasteiger partial charge in [-0.1, -0.05) is 113 Å². The van der Waals surface area contributed by atoms with Crippen LogP contribution in [0.1, 0.15) is 92.9 Å². The summed E-state index contributed by atoms with van der Waals surface area (Å²) in [5, 5.41) is 10.0. The van der Waals surface area contributed by atoms with Crippen molar-refractivity contribution in [2.75, 3.05) is 13.2 Å². The zero-order chi connectivity index (χ0) is 35.4. The second kappa shape index (κ2) is 19.2. The van der Waals surface area contributed by atoms with Gasteiger partial charge < -0.3 is 18.9 Å². The monoisotopic (exact) mass is 732 g/mol. The Balaban J connectivity index is 2.03. The van der Waals surface area contributed by atoms with Crippen molar-refractivity contribution in [3.8, 4) is 17.6 Å². The molecule has 0 aliphatic carbocycles. The third-order valence-electron chi connectivity index (χ3n) is 7.51. The van der Waals surface area contributed by atoms with Crippen LogP contribution in [-0.4, -0.2) is 37.1 Å². The van der Waals surface area contributed by atoms with E-state index in [9.17, 15) is 24.4 Å². The summed E-state index contributed by atoms with van der Waals surface area (Å²) in [5.41, 5.74) is -0.438. The highest BCUT2D eigenvalue weighted by Crippen LogP contribution is 2.68. The first-order valence-electron chi connectivity index (χ1n) is 16.0. The molecule has 1 aromatic rings. The standard InChI is InChI=1S/C34H40N2O8S4/c1-8-12-14-21(10-3)17-41-31(39)23(16-35)33-45-27-25(43-19(5)37)29-30(26(28(27)46-33)44-20(6)38)48-34(47-29)24(36-7)32(40)42-18-22(11-4)15-13-9-2/h21-22H,8-15,17-18H2,1-6H3. The Hall–Kier alpha value is -3.04. The fraction of sp³-hybridized carbons (Fsp3) is 0.529. The molecule has 0 aromatic heterocycles. The van der Waals surface area contributed by atoms with Crippen LogP contribution < -0.4 is 9.47 Å². The first-order chi connectivity index (χ1) is 23.0. The molecule has 3 rings (SSSR count). The fourth-order valence-electron chi connectivity index (χ4n) is 4.75. The molecule has 2 aliphatic heterocycles. The second-order valence-corrected chi connectivity index (χ2v) is 15.7. The highest BCUT2D eigenvalue weighted by atomic mass is 32.2. The maximum absolute atomic E-state index is 13.1. The van der Waals surface area contributed by atoms with Gasteiger partial charge in [0.25, 0.3) is 5.70 Å². The summed E-state index contributed by atoms with van der Waals surface area (Å²) in [6.07, 6.45) is 7.57. The van der Waals surface area contributed by atoms with Crippen LogP contribution in [0.5, 0.6) is 11.5 Å². The summed E-state index contributed by atoms with van der Waals surface area (Å²) in [5.74, 6) is -2.20. The minimum Gasteiger partial charge on any atom is -0.470 e. The molecule has 2 atom stereocenters. The second-order valence-electron chi connectivity index (χ2n) is 11.1. The van der Waals surface area contributed by atoms with Gasteiger partial charge in [-0.05, 0) is 24.7 Å². The first kappa shape index (κ1) is 39.4. The number of ether oxygens (including phenoxy) is 4. The fourth-order valence-corrected chi connectivity index (χ4v) is 10.1. The molecule has 10 nitrogen and oxygen atoms in total. The van der Waals surface area contributed by atoms with E-state index in [1.807, 2.05) is 19.9 Å². The number of rotatable bonds is 16. The van der Waals surface area contributed by atoms with E-state index in [1.54, 1.807) is 0 Å². The van der Waals surface area contributed by atoms with Gasteiger partial charge in [0.1, 0.15) is 6.07 Å². The molecule has 258 valence electrons. The largest absolute Gasteiger partial charge is 0.470 e. The Morgan fingerprint density at radius 3 is 1.50 bits per heavy atom. The Morgan fingerprint density at radius 1 is 0.729 bits per heavy atom. The zero-order valence-electron chi connectivity index (χ0n) is 28.0. The number of thioether (sulfide) groups is 4. The van der Waals surface area contributed by atoms with Gasteiger partial charge in [0.2, 0.25) is 0 Å². The number of hydrogen-bond acceptors (Lipinski definition) is 13. The summed E-state index contributed by atoms with van der Waals surface area (Å²) < 4.78 is 23.1. The van der Waals surface area contributed by atoms with E-state index < -0.39 is 23.9 Å². The van der Waals surface area contributed by atoms with Crippen molar-refractivity contribution in [1.82, 2.24) is 0 Å². The molecule has 0 saturated carbocycles. The predicted molar refractivity (Wildman–Crippen MR) is 187 cm³/mol. The first-order valence-corrected chi connectivity index (χ1v) is 19.2. The number of carbonyl (C=O) groups excluding carboxylic acids is 4. The molecule has 0 spiro atoms. The molecule has 2 heterocycles. The minimum atomic E-state index is -0.764. The average Bonchev–Trinajstić information content (AvgIpc) is 3.69. The molecule has 0 amide bonds.